The Hall–Kier alpha value is 0.137. The third kappa shape index (κ3) is 2.61. The second-order valence-corrected chi connectivity index (χ2v) is 11.6. The van der Waals surface area contributed by atoms with E-state index in [-0.39, 0.29) is 0 Å². The van der Waals surface area contributed by atoms with Crippen molar-refractivity contribution in [1.82, 2.24) is 4.98 Å². The molecule has 1 fully saturated rings. The van der Waals surface area contributed by atoms with Crippen LogP contribution in [-0.2, 0) is 4.43 Å². The average molecular weight is 257 g/mol. The molecule has 0 aromatic rings. The lowest BCUT2D eigenvalue weighted by Gasteiger charge is -2.45. The van der Waals surface area contributed by atoms with Gasteiger partial charge in [-0.15, -0.1) is 0 Å². The molecular weight excluding hydrogens is 226 g/mol. The fourth-order valence-corrected chi connectivity index (χ4v) is 9.61. The van der Waals surface area contributed by atoms with Gasteiger partial charge in [0.15, 0.2) is 0 Å². The zero-order chi connectivity index (χ0) is 13.5. The minimum absolute atomic E-state index is 0.339. The molecule has 1 heterocycles. The lowest BCUT2D eigenvalue weighted by Crippen LogP contribution is -2.60. The Labute approximate surface area is 109 Å². The maximum absolute atomic E-state index is 6.15. The van der Waals surface area contributed by atoms with Crippen LogP contribution < -0.4 is 4.98 Å². The third-order valence-corrected chi connectivity index (χ3v) is 10.4. The van der Waals surface area contributed by atoms with Crippen molar-refractivity contribution in [2.45, 2.75) is 65.5 Å². The second-order valence-electron chi connectivity index (χ2n) is 7.66. The van der Waals surface area contributed by atoms with Crippen LogP contribution in [0.5, 0.6) is 0 Å². The minimum atomic E-state index is -1.86. The summed E-state index contributed by atoms with van der Waals surface area (Å²) in [6, 6.07) is 0. The van der Waals surface area contributed by atoms with E-state index in [4.69, 9.17) is 4.43 Å². The van der Waals surface area contributed by atoms with Crippen LogP contribution in [0.1, 0.15) is 54.4 Å². The molecule has 1 saturated heterocycles. The van der Waals surface area contributed by atoms with Crippen molar-refractivity contribution in [1.29, 1.82) is 0 Å². The summed E-state index contributed by atoms with van der Waals surface area (Å²) < 4.78 is 6.15. The van der Waals surface area contributed by atoms with Crippen LogP contribution in [0.3, 0.4) is 0 Å². The minimum Gasteiger partial charge on any atom is -0.406 e. The van der Waals surface area contributed by atoms with Crippen molar-refractivity contribution in [2.24, 2.45) is 10.8 Å². The van der Waals surface area contributed by atoms with Gasteiger partial charge in [-0.25, -0.2) is 0 Å². The molecule has 2 atom stereocenters. The molecule has 0 aromatic heterocycles. The first kappa shape index (κ1) is 15.2. The maximum atomic E-state index is 6.15. The Morgan fingerprint density at radius 2 is 1.29 bits per heavy atom. The van der Waals surface area contributed by atoms with Gasteiger partial charge < -0.3 is 9.41 Å². The van der Waals surface area contributed by atoms with Crippen molar-refractivity contribution in [3.8, 4) is 0 Å². The molecule has 0 amide bonds. The molecule has 1 aliphatic heterocycles. The quantitative estimate of drug-likeness (QED) is 0.757. The van der Waals surface area contributed by atoms with Gasteiger partial charge in [-0.2, -0.15) is 0 Å². The number of hydrogen-bond acceptors (Lipinski definition) is 2. The van der Waals surface area contributed by atoms with Gasteiger partial charge >= 0.3 is 0 Å². The second kappa shape index (κ2) is 4.67. The number of rotatable bonds is 2. The van der Waals surface area contributed by atoms with E-state index < -0.39 is 8.48 Å². The molecule has 0 bridgehead atoms. The summed E-state index contributed by atoms with van der Waals surface area (Å²) in [6.45, 7) is 14.2. The fraction of sp³-hybridized carbons (Fsp3) is 1.00. The first-order chi connectivity index (χ1) is 7.59. The molecule has 2 nitrogen and oxygen atoms in total. The highest BCUT2D eigenvalue weighted by atomic mass is 28.4. The molecule has 1 N–H and O–H groups in total. The van der Waals surface area contributed by atoms with Crippen LogP contribution in [-0.4, -0.2) is 22.6 Å². The summed E-state index contributed by atoms with van der Waals surface area (Å²) in [5, 5.41) is 0. The van der Waals surface area contributed by atoms with E-state index in [9.17, 15) is 0 Å². The van der Waals surface area contributed by atoms with Gasteiger partial charge in [0.2, 0.25) is 0 Å². The highest BCUT2D eigenvalue weighted by Crippen LogP contribution is 2.59. The van der Waals surface area contributed by atoms with E-state index in [1.165, 1.54) is 12.8 Å². The van der Waals surface area contributed by atoms with Crippen LogP contribution >= 0.6 is 0 Å². The molecule has 0 aliphatic carbocycles. The topological polar surface area (TPSA) is 21.3 Å². The van der Waals surface area contributed by atoms with E-state index in [1.54, 1.807) is 0 Å². The van der Waals surface area contributed by atoms with E-state index >= 15 is 0 Å². The van der Waals surface area contributed by atoms with Crippen LogP contribution in [0.25, 0.3) is 0 Å². The third-order valence-electron chi connectivity index (χ3n) is 4.60. The molecule has 1 rings (SSSR count). The largest absolute Gasteiger partial charge is 0.406 e. The van der Waals surface area contributed by atoms with Crippen molar-refractivity contribution < 1.29 is 4.43 Å². The van der Waals surface area contributed by atoms with Gasteiger partial charge in [-0.3, -0.25) is 0 Å². The molecule has 102 valence electrons. The highest BCUT2D eigenvalue weighted by molar-refractivity contribution is 6.75. The molecule has 3 heteroatoms. The molecule has 0 saturated carbocycles. The van der Waals surface area contributed by atoms with Gasteiger partial charge in [0.05, 0.1) is 0 Å². The Balaban J connectivity index is 3.15. The summed E-state index contributed by atoms with van der Waals surface area (Å²) >= 11 is 0. The summed E-state index contributed by atoms with van der Waals surface area (Å²) in [5.74, 6) is 0. The Morgan fingerprint density at radius 3 is 1.47 bits per heavy atom. The van der Waals surface area contributed by atoms with E-state index in [2.05, 4.69) is 53.6 Å². The molecule has 0 spiro atoms. The zero-order valence-electron chi connectivity index (χ0n) is 13.0. The first-order valence-electron chi connectivity index (χ1n) is 6.83. The predicted molar refractivity (Wildman–Crippen MR) is 77.5 cm³/mol. The van der Waals surface area contributed by atoms with Gasteiger partial charge in [-0.05, 0) is 41.8 Å². The first-order valence-corrected chi connectivity index (χ1v) is 8.90. The Bertz CT molecular complexity index is 236. The fourth-order valence-electron chi connectivity index (χ4n) is 3.89. The smallest absolute Gasteiger partial charge is 0.275 e. The van der Waals surface area contributed by atoms with Crippen LogP contribution in [0.4, 0.5) is 0 Å². The Morgan fingerprint density at radius 1 is 0.941 bits per heavy atom. The standard InChI is InChI=1S/C14H31NOSi/c1-13(2,3)11-9-10-12(14(4,5)6)17(11,15-7)16-8/h11-12,15H,9-10H2,1-8H3. The van der Waals surface area contributed by atoms with Crippen molar-refractivity contribution in [2.75, 3.05) is 14.2 Å². The molecule has 1 aliphatic rings. The molecule has 0 radical (unpaired) electrons. The van der Waals surface area contributed by atoms with Crippen LogP contribution in [0.2, 0.25) is 11.1 Å². The monoisotopic (exact) mass is 257 g/mol. The summed E-state index contributed by atoms with van der Waals surface area (Å²) in [5.41, 5.74) is 2.08. The van der Waals surface area contributed by atoms with E-state index in [0.29, 0.717) is 21.9 Å². The Kier molecular flexibility index (Phi) is 4.17. The van der Waals surface area contributed by atoms with Gasteiger partial charge in [0.1, 0.15) is 0 Å². The van der Waals surface area contributed by atoms with Gasteiger partial charge in [0, 0.05) is 7.11 Å². The highest BCUT2D eigenvalue weighted by Gasteiger charge is 2.60. The zero-order valence-corrected chi connectivity index (χ0v) is 14.0. The summed E-state index contributed by atoms with van der Waals surface area (Å²) in [7, 11) is 2.17. The summed E-state index contributed by atoms with van der Waals surface area (Å²) in [4.78, 5) is 3.66. The maximum Gasteiger partial charge on any atom is 0.275 e. The molecule has 2 unspecified atom stereocenters. The number of nitrogens with one attached hydrogen (secondary N) is 1. The molecular formula is C14H31NOSi. The van der Waals surface area contributed by atoms with E-state index in [1.807, 2.05) is 7.11 Å². The van der Waals surface area contributed by atoms with Crippen molar-refractivity contribution in [3.05, 3.63) is 0 Å². The van der Waals surface area contributed by atoms with Crippen molar-refractivity contribution in [3.63, 3.8) is 0 Å². The lowest BCUT2D eigenvalue weighted by molar-refractivity contribution is 0.280. The van der Waals surface area contributed by atoms with Crippen LogP contribution in [0, 0.1) is 10.8 Å². The van der Waals surface area contributed by atoms with E-state index in [0.717, 1.165) is 0 Å². The number of hydrogen-bond donors (Lipinski definition) is 1. The van der Waals surface area contributed by atoms with Crippen molar-refractivity contribution >= 4 is 8.48 Å². The molecule has 0 aromatic carbocycles. The average Bonchev–Trinajstić information content (AvgIpc) is 2.55. The van der Waals surface area contributed by atoms with Gasteiger partial charge in [-0.1, -0.05) is 41.5 Å². The van der Waals surface area contributed by atoms with Crippen LogP contribution in [0.15, 0.2) is 0 Å². The predicted octanol–water partition coefficient (Wildman–Crippen LogP) is 3.92. The lowest BCUT2D eigenvalue weighted by atomic mass is 9.85. The normalized spacial score (nSPS) is 35.3. The summed E-state index contributed by atoms with van der Waals surface area (Å²) in [6.07, 6.45) is 2.62. The SMILES string of the molecule is CN[Si]1(OC)C(C(C)(C)C)CCC1C(C)(C)C. The molecule has 17 heavy (non-hydrogen) atoms. The van der Waals surface area contributed by atoms with Gasteiger partial charge in [0.25, 0.3) is 8.48 Å².